The molecule has 1 heterocycles. The molecule has 0 amide bonds. The molecule has 3 heteroatoms. The standard InChI is InChI=1S/C12H24N2O/c1-12(9-13-10-12)15-8-7-14-11-5-3-2-4-6-11/h11,13-14H,2-10H2,1H3. The first-order valence-electron chi connectivity index (χ1n) is 6.37. The first-order chi connectivity index (χ1) is 7.29. The van der Waals surface area contributed by atoms with Gasteiger partial charge in [0.15, 0.2) is 0 Å². The van der Waals surface area contributed by atoms with Crippen LogP contribution in [0.15, 0.2) is 0 Å². The van der Waals surface area contributed by atoms with Gasteiger partial charge < -0.3 is 15.4 Å². The van der Waals surface area contributed by atoms with Gasteiger partial charge >= 0.3 is 0 Å². The van der Waals surface area contributed by atoms with Crippen molar-refractivity contribution in [1.82, 2.24) is 10.6 Å². The van der Waals surface area contributed by atoms with Crippen LogP contribution in [0.25, 0.3) is 0 Å². The Labute approximate surface area is 93.0 Å². The average Bonchev–Trinajstić information content (AvgIpc) is 2.23. The fourth-order valence-corrected chi connectivity index (χ4v) is 2.45. The maximum absolute atomic E-state index is 5.83. The van der Waals surface area contributed by atoms with Gasteiger partial charge in [-0.1, -0.05) is 19.3 Å². The van der Waals surface area contributed by atoms with Crippen molar-refractivity contribution in [2.45, 2.75) is 50.7 Å². The van der Waals surface area contributed by atoms with E-state index in [4.69, 9.17) is 4.74 Å². The summed E-state index contributed by atoms with van der Waals surface area (Å²) in [7, 11) is 0. The summed E-state index contributed by atoms with van der Waals surface area (Å²) in [6.45, 7) is 6.08. The third-order valence-electron chi connectivity index (χ3n) is 3.59. The van der Waals surface area contributed by atoms with Gasteiger partial charge in [0.05, 0.1) is 12.2 Å². The van der Waals surface area contributed by atoms with Crippen LogP contribution in [-0.4, -0.2) is 37.9 Å². The Morgan fingerprint density at radius 3 is 2.60 bits per heavy atom. The zero-order valence-corrected chi connectivity index (χ0v) is 9.85. The first-order valence-corrected chi connectivity index (χ1v) is 6.37. The van der Waals surface area contributed by atoms with E-state index < -0.39 is 0 Å². The van der Waals surface area contributed by atoms with Crippen LogP contribution in [0, 0.1) is 0 Å². The second-order valence-corrected chi connectivity index (χ2v) is 5.19. The minimum atomic E-state index is 0.119. The van der Waals surface area contributed by atoms with Gasteiger partial charge in [0.1, 0.15) is 0 Å². The van der Waals surface area contributed by atoms with E-state index in [0.717, 1.165) is 32.3 Å². The van der Waals surface area contributed by atoms with E-state index in [1.165, 1.54) is 32.1 Å². The largest absolute Gasteiger partial charge is 0.371 e. The van der Waals surface area contributed by atoms with Crippen molar-refractivity contribution in [1.29, 1.82) is 0 Å². The van der Waals surface area contributed by atoms with Crippen LogP contribution in [0.2, 0.25) is 0 Å². The van der Waals surface area contributed by atoms with Crippen molar-refractivity contribution in [3.8, 4) is 0 Å². The number of ether oxygens (including phenoxy) is 1. The molecule has 2 aliphatic rings. The Kier molecular flexibility index (Phi) is 4.00. The van der Waals surface area contributed by atoms with E-state index in [2.05, 4.69) is 17.6 Å². The molecule has 0 spiro atoms. The lowest BCUT2D eigenvalue weighted by Crippen LogP contribution is -2.59. The summed E-state index contributed by atoms with van der Waals surface area (Å²) in [6, 6.07) is 0.759. The first kappa shape index (κ1) is 11.4. The number of rotatable bonds is 5. The highest BCUT2D eigenvalue weighted by Gasteiger charge is 2.32. The lowest BCUT2D eigenvalue weighted by molar-refractivity contribution is -0.0654. The van der Waals surface area contributed by atoms with Crippen LogP contribution < -0.4 is 10.6 Å². The molecule has 0 bridgehead atoms. The summed E-state index contributed by atoms with van der Waals surface area (Å²) in [5.41, 5.74) is 0.119. The molecule has 0 atom stereocenters. The van der Waals surface area contributed by atoms with Crippen molar-refractivity contribution in [2.24, 2.45) is 0 Å². The van der Waals surface area contributed by atoms with Crippen molar-refractivity contribution in [3.63, 3.8) is 0 Å². The molecule has 2 N–H and O–H groups in total. The molecule has 15 heavy (non-hydrogen) atoms. The van der Waals surface area contributed by atoms with E-state index in [1.54, 1.807) is 0 Å². The maximum atomic E-state index is 5.83. The summed E-state index contributed by atoms with van der Waals surface area (Å²) >= 11 is 0. The van der Waals surface area contributed by atoms with E-state index in [-0.39, 0.29) is 5.60 Å². The fraction of sp³-hybridized carbons (Fsp3) is 1.00. The van der Waals surface area contributed by atoms with E-state index in [9.17, 15) is 0 Å². The highest BCUT2D eigenvalue weighted by Crippen LogP contribution is 2.17. The van der Waals surface area contributed by atoms with Crippen molar-refractivity contribution >= 4 is 0 Å². The summed E-state index contributed by atoms with van der Waals surface area (Å²) < 4.78 is 5.83. The van der Waals surface area contributed by atoms with Gasteiger partial charge in [0.25, 0.3) is 0 Å². The molecule has 1 saturated heterocycles. The van der Waals surface area contributed by atoms with Crippen LogP contribution in [-0.2, 0) is 4.74 Å². The molecule has 0 aromatic carbocycles. The van der Waals surface area contributed by atoms with Gasteiger partial charge in [0.2, 0.25) is 0 Å². The highest BCUT2D eigenvalue weighted by molar-refractivity contribution is 4.90. The average molecular weight is 212 g/mol. The lowest BCUT2D eigenvalue weighted by Gasteiger charge is -2.39. The summed E-state index contributed by atoms with van der Waals surface area (Å²) in [5.74, 6) is 0. The zero-order chi connectivity index (χ0) is 10.6. The SMILES string of the molecule is CC1(OCCNC2CCCCC2)CNC1. The Bertz CT molecular complexity index is 186. The van der Waals surface area contributed by atoms with Crippen molar-refractivity contribution in [3.05, 3.63) is 0 Å². The maximum Gasteiger partial charge on any atom is 0.0902 e. The van der Waals surface area contributed by atoms with Crippen LogP contribution >= 0.6 is 0 Å². The zero-order valence-electron chi connectivity index (χ0n) is 9.85. The van der Waals surface area contributed by atoms with Gasteiger partial charge in [-0.05, 0) is 19.8 Å². The highest BCUT2D eigenvalue weighted by atomic mass is 16.5. The number of hydrogen-bond acceptors (Lipinski definition) is 3. The molecule has 3 nitrogen and oxygen atoms in total. The van der Waals surface area contributed by atoms with E-state index in [0.29, 0.717) is 0 Å². The Hall–Kier alpha value is -0.120. The predicted molar refractivity (Wildman–Crippen MR) is 62.1 cm³/mol. The molecule has 0 aromatic rings. The monoisotopic (exact) mass is 212 g/mol. The lowest BCUT2D eigenvalue weighted by atomic mass is 9.95. The molecule has 0 unspecified atom stereocenters. The Balaban J connectivity index is 1.50. The molecule has 1 aliphatic heterocycles. The molecule has 1 aliphatic carbocycles. The Morgan fingerprint density at radius 2 is 2.00 bits per heavy atom. The van der Waals surface area contributed by atoms with Crippen molar-refractivity contribution < 1.29 is 4.74 Å². The molecule has 0 aromatic heterocycles. The molecule has 1 saturated carbocycles. The normalized spacial score (nSPS) is 26.2. The Morgan fingerprint density at radius 1 is 1.27 bits per heavy atom. The van der Waals surface area contributed by atoms with Crippen LogP contribution in [0.1, 0.15) is 39.0 Å². The smallest absolute Gasteiger partial charge is 0.0902 e. The van der Waals surface area contributed by atoms with E-state index in [1.807, 2.05) is 0 Å². The fourth-order valence-electron chi connectivity index (χ4n) is 2.45. The number of hydrogen-bond donors (Lipinski definition) is 2. The van der Waals surface area contributed by atoms with Crippen LogP contribution in [0.3, 0.4) is 0 Å². The summed E-state index contributed by atoms with van der Waals surface area (Å²) in [4.78, 5) is 0. The minimum absolute atomic E-state index is 0.119. The minimum Gasteiger partial charge on any atom is -0.371 e. The van der Waals surface area contributed by atoms with Gasteiger partial charge in [-0.2, -0.15) is 0 Å². The molecule has 2 rings (SSSR count). The van der Waals surface area contributed by atoms with Gasteiger partial charge in [-0.15, -0.1) is 0 Å². The summed E-state index contributed by atoms with van der Waals surface area (Å²) in [5, 5.41) is 6.84. The summed E-state index contributed by atoms with van der Waals surface area (Å²) in [6.07, 6.45) is 6.95. The molecule has 88 valence electrons. The molecular weight excluding hydrogens is 188 g/mol. The van der Waals surface area contributed by atoms with Crippen LogP contribution in [0.5, 0.6) is 0 Å². The van der Waals surface area contributed by atoms with Gasteiger partial charge in [-0.3, -0.25) is 0 Å². The number of nitrogens with one attached hydrogen (secondary N) is 2. The topological polar surface area (TPSA) is 33.3 Å². The molecule has 0 radical (unpaired) electrons. The third kappa shape index (κ3) is 3.44. The molecule has 2 fully saturated rings. The quantitative estimate of drug-likeness (QED) is 0.674. The van der Waals surface area contributed by atoms with Crippen LogP contribution in [0.4, 0.5) is 0 Å². The van der Waals surface area contributed by atoms with Crippen molar-refractivity contribution in [2.75, 3.05) is 26.2 Å². The van der Waals surface area contributed by atoms with Gasteiger partial charge in [-0.25, -0.2) is 0 Å². The second kappa shape index (κ2) is 5.28. The third-order valence-corrected chi connectivity index (χ3v) is 3.59. The van der Waals surface area contributed by atoms with E-state index >= 15 is 0 Å². The predicted octanol–water partition coefficient (Wildman–Crippen LogP) is 1.29. The second-order valence-electron chi connectivity index (χ2n) is 5.19. The molecular formula is C12H24N2O. The van der Waals surface area contributed by atoms with Gasteiger partial charge in [0, 0.05) is 25.7 Å².